The molecule has 14 nitrogen and oxygen atoms in total. The van der Waals surface area contributed by atoms with Crippen molar-refractivity contribution >= 4 is 41.2 Å². The molecule has 3 aromatic rings. The Labute approximate surface area is 227 Å². The van der Waals surface area contributed by atoms with Gasteiger partial charge >= 0.3 is 12.7 Å². The van der Waals surface area contributed by atoms with E-state index in [-0.39, 0.29) is 35.4 Å². The fraction of sp³-hybridized carbons (Fsp3) is 0.478. The molecule has 0 amide bonds. The van der Waals surface area contributed by atoms with Crippen molar-refractivity contribution < 1.29 is 38.3 Å². The van der Waals surface area contributed by atoms with E-state index in [0.717, 1.165) is 16.9 Å². The van der Waals surface area contributed by atoms with Gasteiger partial charge in [0.25, 0.3) is 0 Å². The average molecular weight is 581 g/mol. The van der Waals surface area contributed by atoms with E-state index in [0.29, 0.717) is 0 Å². The number of aliphatic hydroxyl groups excluding tert-OH is 1. The van der Waals surface area contributed by atoms with Crippen LogP contribution in [0, 0.1) is 0 Å². The molecule has 2 saturated heterocycles. The van der Waals surface area contributed by atoms with Gasteiger partial charge in [-0.05, 0) is 19.4 Å². The molecule has 210 valence electrons. The summed E-state index contributed by atoms with van der Waals surface area (Å²) in [6, 6.07) is 8.43. The fourth-order valence-electron chi connectivity index (χ4n) is 4.45. The van der Waals surface area contributed by atoms with Gasteiger partial charge in [-0.25, -0.2) is 10.1 Å². The Morgan fingerprint density at radius 2 is 2.13 bits per heavy atom. The molecule has 2 fully saturated rings. The molecular weight excluding hydrogens is 551 g/mol. The number of esters is 1. The summed E-state index contributed by atoms with van der Waals surface area (Å²) in [6.07, 6.45) is -2.75. The second-order valence-corrected chi connectivity index (χ2v) is 13.7. The lowest BCUT2D eigenvalue weighted by Crippen LogP contribution is -2.44. The lowest BCUT2D eigenvalue weighted by atomic mass is 9.96. The number of benzene rings is 1. The number of nitrogens with zero attached hydrogens (tertiary/aromatic N) is 4. The number of aliphatic hydroxyl groups is 2. The Hall–Kier alpha value is -2.78. The van der Waals surface area contributed by atoms with Crippen LogP contribution in [0.25, 0.3) is 11.2 Å². The van der Waals surface area contributed by atoms with Gasteiger partial charge < -0.3 is 34.7 Å². The lowest BCUT2D eigenvalue weighted by Gasteiger charge is -2.27. The van der Waals surface area contributed by atoms with Crippen molar-refractivity contribution in [3.05, 3.63) is 42.2 Å². The number of imidazole rings is 1. The highest BCUT2D eigenvalue weighted by Gasteiger charge is 2.54. The summed E-state index contributed by atoms with van der Waals surface area (Å²) in [4.78, 5) is 25.0. The summed E-state index contributed by atoms with van der Waals surface area (Å²) < 4.78 is 37.0. The minimum absolute atomic E-state index is 0.0761. The third-order valence-electron chi connectivity index (χ3n) is 6.59. The molecule has 1 aromatic carbocycles. The van der Waals surface area contributed by atoms with Crippen molar-refractivity contribution in [3.63, 3.8) is 0 Å². The van der Waals surface area contributed by atoms with Crippen molar-refractivity contribution in [3.8, 4) is 5.88 Å². The van der Waals surface area contributed by atoms with Gasteiger partial charge in [-0.2, -0.15) is 9.97 Å². The predicted octanol–water partition coefficient (Wildman–Crippen LogP) is 1.56. The maximum absolute atomic E-state index is 13.3. The van der Waals surface area contributed by atoms with Gasteiger partial charge in [0.1, 0.15) is 30.0 Å². The van der Waals surface area contributed by atoms with Crippen LogP contribution in [0.1, 0.15) is 31.7 Å². The Bertz CT molecular complexity index is 1410. The Morgan fingerprint density at radius 1 is 1.38 bits per heavy atom. The zero-order valence-electron chi connectivity index (χ0n) is 21.3. The van der Waals surface area contributed by atoms with E-state index in [9.17, 15) is 19.6 Å². The second kappa shape index (κ2) is 10.7. The van der Waals surface area contributed by atoms with E-state index < -0.39 is 48.9 Å². The number of carbonyl (C=O) groups is 1. The first-order valence-corrected chi connectivity index (χ1v) is 15.3. The van der Waals surface area contributed by atoms with Crippen molar-refractivity contribution in [2.24, 2.45) is 0 Å². The number of fused-ring (bicyclic) bond motifs is 1. The normalized spacial score (nSPS) is 31.4. The van der Waals surface area contributed by atoms with Gasteiger partial charge in [0, 0.05) is 5.75 Å². The minimum Gasteiger partial charge on any atom is -0.479 e. The first kappa shape index (κ1) is 27.8. The molecule has 2 aromatic heterocycles. The fourth-order valence-corrected chi connectivity index (χ4v) is 8.33. The lowest BCUT2D eigenvalue weighted by molar-refractivity contribution is -0.150. The van der Waals surface area contributed by atoms with E-state index >= 15 is 0 Å². The largest absolute Gasteiger partial charge is 0.479 e. The molecule has 0 unspecified atom stereocenters. The monoisotopic (exact) mass is 580 g/mol. The van der Waals surface area contributed by atoms with E-state index in [1.54, 1.807) is 6.92 Å². The highest BCUT2D eigenvalue weighted by molar-refractivity contribution is 8.56. The Balaban J connectivity index is 1.23. The number of nitrogen functional groups attached to an aromatic ring is 1. The summed E-state index contributed by atoms with van der Waals surface area (Å²) >= 11 is 0.956. The molecule has 0 spiro atoms. The number of hydrogen-bond donors (Lipinski definition) is 4. The van der Waals surface area contributed by atoms with E-state index in [2.05, 4.69) is 20.0 Å². The Kier molecular flexibility index (Phi) is 7.59. The smallest absolute Gasteiger partial charge is 0.327 e. The Morgan fingerprint density at radius 3 is 2.85 bits per heavy atom. The first-order chi connectivity index (χ1) is 18.5. The average Bonchev–Trinajstić information content (AvgIpc) is 3.57. The van der Waals surface area contributed by atoms with Crippen LogP contribution in [0.3, 0.4) is 0 Å². The quantitative estimate of drug-likeness (QED) is 0.221. The van der Waals surface area contributed by atoms with Gasteiger partial charge in [0.05, 0.1) is 20.0 Å². The zero-order valence-corrected chi connectivity index (χ0v) is 23.0. The van der Waals surface area contributed by atoms with Crippen LogP contribution in [0.4, 0.5) is 5.95 Å². The van der Waals surface area contributed by atoms with Crippen molar-refractivity contribution in [1.82, 2.24) is 24.6 Å². The molecule has 0 saturated carbocycles. The number of aromatic nitrogens is 4. The van der Waals surface area contributed by atoms with Crippen LogP contribution < -0.4 is 15.6 Å². The molecule has 39 heavy (non-hydrogen) atoms. The molecule has 2 aliphatic heterocycles. The molecule has 16 heteroatoms. The number of rotatable bonds is 8. The predicted molar refractivity (Wildman–Crippen MR) is 141 cm³/mol. The first-order valence-electron chi connectivity index (χ1n) is 12.0. The van der Waals surface area contributed by atoms with Crippen molar-refractivity contribution in [2.45, 2.75) is 50.0 Å². The highest BCUT2D eigenvalue weighted by Crippen LogP contribution is 2.61. The number of nitrogens with two attached hydrogens (primary N) is 1. The molecule has 0 radical (unpaired) electrons. The summed E-state index contributed by atoms with van der Waals surface area (Å²) in [6.45, 7) is -0.719. The molecule has 4 heterocycles. The maximum Gasteiger partial charge on any atom is 0.327 e. The number of methoxy groups -OCH3 is 1. The summed E-state index contributed by atoms with van der Waals surface area (Å²) in [5.41, 5.74) is 5.33. The number of hydrogen-bond acceptors (Lipinski definition) is 13. The molecule has 5 rings (SSSR count). The van der Waals surface area contributed by atoms with Crippen LogP contribution in [-0.2, 0) is 23.4 Å². The number of ether oxygens (including phenoxy) is 3. The number of nitrogens with one attached hydrogen (secondary N) is 1. The molecule has 7 atom stereocenters. The van der Waals surface area contributed by atoms with Gasteiger partial charge in [-0.3, -0.25) is 13.9 Å². The summed E-state index contributed by atoms with van der Waals surface area (Å²) in [5.74, 6) is -0.310. The standard InChI is InChI=1S/C23H29N6O8PS/c1-12(13-7-5-4-6-8-13)36-20(31)14-10-39-38(33,28-14)35-9-15-17(30)23(2,32)21(37-15)29-11-25-16-18(29)26-22(24)27-19(16)34-3/h4-8,11-12,14-15,17,21,30,32H,9-10H2,1-3H3,(H,28,33)(H2,24,26,27)/t12-,14-,15-,17-,21-,23-,38+/m1/s1. The van der Waals surface area contributed by atoms with Crippen LogP contribution >= 0.6 is 18.1 Å². The molecule has 2 aliphatic rings. The van der Waals surface area contributed by atoms with Gasteiger partial charge in [0.15, 0.2) is 17.4 Å². The van der Waals surface area contributed by atoms with E-state index in [4.69, 9.17) is 24.5 Å². The molecule has 0 aliphatic carbocycles. The van der Waals surface area contributed by atoms with Gasteiger partial charge in [-0.1, -0.05) is 41.7 Å². The molecule has 0 bridgehead atoms. The SMILES string of the molecule is COc1nc(N)nc2c1ncn2[C@@H]1O[C@H](CO[P@@]2(=O)N[C@@H](C(=O)O[C@H](C)c3ccccc3)CS2)[C@@H](O)[C@@]1(C)O. The van der Waals surface area contributed by atoms with Crippen LogP contribution in [0.15, 0.2) is 36.7 Å². The van der Waals surface area contributed by atoms with Crippen LogP contribution in [-0.4, -0.2) is 79.0 Å². The molecular formula is C23H29N6O8PS. The molecule has 5 N–H and O–H groups in total. The van der Waals surface area contributed by atoms with E-state index in [1.165, 1.54) is 24.9 Å². The number of anilines is 1. The third kappa shape index (κ3) is 5.35. The maximum atomic E-state index is 13.3. The van der Waals surface area contributed by atoms with Gasteiger partial charge in [0.2, 0.25) is 11.8 Å². The third-order valence-corrected chi connectivity index (χ3v) is 10.6. The topological polar surface area (TPSA) is 193 Å². The summed E-state index contributed by atoms with van der Waals surface area (Å²) in [7, 11) is 1.41. The number of carbonyl (C=O) groups excluding carboxylic acids is 1. The van der Waals surface area contributed by atoms with Crippen LogP contribution in [0.2, 0.25) is 0 Å². The van der Waals surface area contributed by atoms with Crippen molar-refractivity contribution in [2.75, 3.05) is 25.2 Å². The summed E-state index contributed by atoms with van der Waals surface area (Å²) in [5, 5.41) is 24.7. The highest BCUT2D eigenvalue weighted by atomic mass is 32.7. The van der Waals surface area contributed by atoms with Crippen molar-refractivity contribution in [1.29, 1.82) is 0 Å². The van der Waals surface area contributed by atoms with Crippen LogP contribution in [0.5, 0.6) is 5.88 Å². The second-order valence-electron chi connectivity index (χ2n) is 9.37. The van der Waals surface area contributed by atoms with E-state index in [1.807, 2.05) is 30.3 Å². The zero-order chi connectivity index (χ0) is 27.9. The minimum atomic E-state index is -3.53. The van der Waals surface area contributed by atoms with Gasteiger partial charge in [-0.15, -0.1) is 0 Å².